The summed E-state index contributed by atoms with van der Waals surface area (Å²) in [6, 6.07) is 12.4. The molecule has 0 saturated carbocycles. The number of aromatic nitrogens is 4. The molecule has 1 saturated heterocycles. The highest BCUT2D eigenvalue weighted by Crippen LogP contribution is 2.35. The molecular weight excluding hydrogens is 568 g/mol. The first kappa shape index (κ1) is 30.1. The monoisotopic (exact) mass is 604 g/mol. The number of ether oxygens (including phenoxy) is 1. The van der Waals surface area contributed by atoms with Gasteiger partial charge >= 0.3 is 6.09 Å². The third-order valence-corrected chi connectivity index (χ3v) is 8.30. The molecule has 226 valence electrons. The number of hydrogen-bond acceptors (Lipinski definition) is 9. The van der Waals surface area contributed by atoms with Gasteiger partial charge < -0.3 is 23.9 Å². The zero-order valence-corrected chi connectivity index (χ0v) is 26.0. The summed E-state index contributed by atoms with van der Waals surface area (Å²) in [5.74, 6) is -0.0854. The molecule has 2 atom stereocenters. The van der Waals surface area contributed by atoms with E-state index in [4.69, 9.17) is 9.15 Å². The first-order valence-electron chi connectivity index (χ1n) is 14.2. The Balaban J connectivity index is 1.48. The Bertz CT molecular complexity index is 1690. The molecule has 1 fully saturated rings. The molecule has 1 aliphatic rings. The molecule has 11 nitrogen and oxygen atoms in total. The Kier molecular flexibility index (Phi) is 8.24. The zero-order valence-electron chi connectivity index (χ0n) is 25.2. The Morgan fingerprint density at radius 1 is 1.14 bits per heavy atom. The standard InChI is InChI=1S/C31H36N6O5S/c1-19-18-43-26(32-19)22-13-10-14-37(22)27(39)21-15-23(36(6)24(38)16-21)25-34-35-28(41-25)31(5,17-20-11-8-7-9-12-20)33-29(40)42-30(2,3)4/h7-9,11-12,15-16,18,22H,10,13-14,17H2,1-6H3,(H,33,40). The molecule has 1 aromatic carbocycles. The van der Waals surface area contributed by atoms with Gasteiger partial charge in [0.05, 0.1) is 6.04 Å². The van der Waals surface area contributed by atoms with Crippen molar-refractivity contribution >= 4 is 23.3 Å². The van der Waals surface area contributed by atoms with Crippen molar-refractivity contribution in [1.29, 1.82) is 0 Å². The fraction of sp³-hybridized carbons (Fsp3) is 0.419. The van der Waals surface area contributed by atoms with Crippen LogP contribution in [0.15, 0.2) is 57.1 Å². The molecule has 5 rings (SSSR count). The van der Waals surface area contributed by atoms with Gasteiger partial charge in [0.2, 0.25) is 5.89 Å². The van der Waals surface area contributed by atoms with Crippen LogP contribution in [0, 0.1) is 6.92 Å². The number of aryl methyl sites for hydroxylation is 1. The predicted molar refractivity (Wildman–Crippen MR) is 162 cm³/mol. The van der Waals surface area contributed by atoms with Crippen LogP contribution in [-0.4, -0.2) is 48.8 Å². The summed E-state index contributed by atoms with van der Waals surface area (Å²) in [6.45, 7) is 9.62. The second-order valence-electron chi connectivity index (χ2n) is 12.0. The molecule has 4 heterocycles. The number of rotatable bonds is 7. The van der Waals surface area contributed by atoms with E-state index in [1.807, 2.05) is 42.6 Å². The van der Waals surface area contributed by atoms with Crippen molar-refractivity contribution < 1.29 is 18.7 Å². The Hall–Kier alpha value is -4.32. The van der Waals surface area contributed by atoms with E-state index in [1.54, 1.807) is 45.7 Å². The van der Waals surface area contributed by atoms with Crippen molar-refractivity contribution in [3.05, 3.63) is 85.9 Å². The van der Waals surface area contributed by atoms with Crippen LogP contribution in [0.2, 0.25) is 0 Å². The molecule has 2 unspecified atom stereocenters. The number of pyridine rings is 1. The molecule has 12 heteroatoms. The Morgan fingerprint density at radius 3 is 2.56 bits per heavy atom. The maximum absolute atomic E-state index is 13.7. The van der Waals surface area contributed by atoms with Gasteiger partial charge in [-0.15, -0.1) is 21.5 Å². The molecule has 4 aromatic rings. The lowest BCUT2D eigenvalue weighted by molar-refractivity contribution is 0.0443. The second-order valence-corrected chi connectivity index (χ2v) is 12.9. The van der Waals surface area contributed by atoms with E-state index in [2.05, 4.69) is 20.5 Å². The summed E-state index contributed by atoms with van der Waals surface area (Å²) in [7, 11) is 1.58. The molecule has 3 aromatic heterocycles. The van der Waals surface area contributed by atoms with Gasteiger partial charge in [-0.3, -0.25) is 9.59 Å². The first-order chi connectivity index (χ1) is 20.3. The molecule has 0 bridgehead atoms. The van der Waals surface area contributed by atoms with Gasteiger partial charge in [0.15, 0.2) is 0 Å². The number of carbonyl (C=O) groups is 2. The van der Waals surface area contributed by atoms with E-state index >= 15 is 0 Å². The van der Waals surface area contributed by atoms with Crippen LogP contribution in [0.25, 0.3) is 11.6 Å². The van der Waals surface area contributed by atoms with Crippen molar-refractivity contribution in [2.45, 2.75) is 71.1 Å². The molecule has 2 amide bonds. The van der Waals surface area contributed by atoms with Crippen LogP contribution in [0.1, 0.15) is 79.1 Å². The number of hydrogen-bond donors (Lipinski definition) is 1. The number of nitrogens with one attached hydrogen (secondary N) is 1. The molecule has 1 N–H and O–H groups in total. The number of carbonyl (C=O) groups excluding carboxylic acids is 2. The second kappa shape index (κ2) is 11.8. The Morgan fingerprint density at radius 2 is 1.88 bits per heavy atom. The van der Waals surface area contributed by atoms with Crippen LogP contribution < -0.4 is 10.9 Å². The van der Waals surface area contributed by atoms with Crippen molar-refractivity contribution in [3.8, 4) is 11.6 Å². The lowest BCUT2D eigenvalue weighted by atomic mass is 9.92. The highest BCUT2D eigenvalue weighted by Gasteiger charge is 2.37. The van der Waals surface area contributed by atoms with E-state index in [9.17, 15) is 14.4 Å². The molecule has 0 radical (unpaired) electrons. The molecule has 0 aliphatic carbocycles. The van der Waals surface area contributed by atoms with E-state index in [0.29, 0.717) is 13.0 Å². The molecule has 43 heavy (non-hydrogen) atoms. The zero-order chi connectivity index (χ0) is 30.9. The minimum Gasteiger partial charge on any atom is -0.444 e. The molecule has 0 spiro atoms. The maximum Gasteiger partial charge on any atom is 0.408 e. The minimum atomic E-state index is -1.14. The summed E-state index contributed by atoms with van der Waals surface area (Å²) in [4.78, 5) is 46.0. The number of nitrogens with zero attached hydrogens (tertiary/aromatic N) is 5. The van der Waals surface area contributed by atoms with Gasteiger partial charge in [0, 0.05) is 42.7 Å². The fourth-order valence-electron chi connectivity index (χ4n) is 5.18. The number of benzene rings is 1. The number of thiazole rings is 1. The third-order valence-electron chi connectivity index (χ3n) is 7.24. The third kappa shape index (κ3) is 6.69. The Labute approximate surface area is 253 Å². The van der Waals surface area contributed by atoms with E-state index in [1.165, 1.54) is 22.0 Å². The highest BCUT2D eigenvalue weighted by atomic mass is 32.1. The summed E-state index contributed by atoms with van der Waals surface area (Å²) < 4.78 is 13.0. The van der Waals surface area contributed by atoms with Crippen LogP contribution in [0.3, 0.4) is 0 Å². The van der Waals surface area contributed by atoms with Gasteiger partial charge in [-0.25, -0.2) is 9.78 Å². The van der Waals surface area contributed by atoms with E-state index in [-0.39, 0.29) is 40.5 Å². The van der Waals surface area contributed by atoms with Crippen LogP contribution >= 0.6 is 11.3 Å². The quantitative estimate of drug-likeness (QED) is 0.306. The summed E-state index contributed by atoms with van der Waals surface area (Å²) in [6.07, 6.45) is 1.36. The van der Waals surface area contributed by atoms with Crippen molar-refractivity contribution in [2.75, 3.05) is 6.54 Å². The average Bonchev–Trinajstić information content (AvgIpc) is 3.70. The largest absolute Gasteiger partial charge is 0.444 e. The summed E-state index contributed by atoms with van der Waals surface area (Å²) in [5, 5.41) is 14.3. The average molecular weight is 605 g/mol. The summed E-state index contributed by atoms with van der Waals surface area (Å²) in [5.41, 5.74) is 0.122. The van der Waals surface area contributed by atoms with E-state index < -0.39 is 17.2 Å². The fourth-order valence-corrected chi connectivity index (χ4v) is 6.12. The van der Waals surface area contributed by atoms with Crippen LogP contribution in [0.5, 0.6) is 0 Å². The topological polar surface area (TPSA) is 132 Å². The normalized spacial score (nSPS) is 16.6. The van der Waals surface area contributed by atoms with Gasteiger partial charge in [-0.1, -0.05) is 30.3 Å². The lowest BCUT2D eigenvalue weighted by Gasteiger charge is -2.29. The minimum absolute atomic E-state index is 0.0445. The van der Waals surface area contributed by atoms with Gasteiger partial charge in [0.1, 0.15) is 21.8 Å². The summed E-state index contributed by atoms with van der Waals surface area (Å²) >= 11 is 1.54. The van der Waals surface area contributed by atoms with Gasteiger partial charge in [-0.05, 0) is 59.1 Å². The number of alkyl carbamates (subject to hydrolysis) is 1. The maximum atomic E-state index is 13.7. The molecule has 1 aliphatic heterocycles. The lowest BCUT2D eigenvalue weighted by Crippen LogP contribution is -2.47. The highest BCUT2D eigenvalue weighted by molar-refractivity contribution is 7.09. The van der Waals surface area contributed by atoms with Crippen molar-refractivity contribution in [3.63, 3.8) is 0 Å². The van der Waals surface area contributed by atoms with Gasteiger partial charge in [-0.2, -0.15) is 0 Å². The van der Waals surface area contributed by atoms with Crippen molar-refractivity contribution in [1.82, 2.24) is 30.0 Å². The molecular formula is C31H36N6O5S. The van der Waals surface area contributed by atoms with E-state index in [0.717, 1.165) is 29.1 Å². The smallest absolute Gasteiger partial charge is 0.408 e. The SMILES string of the molecule is Cc1csc(C2CCCN2C(=O)c2cc(-c3nnc(C(C)(Cc4ccccc4)NC(=O)OC(C)(C)C)o3)n(C)c(=O)c2)n1. The first-order valence-corrected chi connectivity index (χ1v) is 15.0. The number of amides is 2. The van der Waals surface area contributed by atoms with Crippen molar-refractivity contribution in [2.24, 2.45) is 7.05 Å². The van der Waals surface area contributed by atoms with Crippen LogP contribution in [0.4, 0.5) is 4.79 Å². The predicted octanol–water partition coefficient (Wildman–Crippen LogP) is 5.16. The number of likely N-dealkylation sites (tertiary alicyclic amines) is 1. The van der Waals surface area contributed by atoms with Gasteiger partial charge in [0.25, 0.3) is 17.4 Å². The van der Waals surface area contributed by atoms with Crippen LogP contribution in [-0.2, 0) is 23.7 Å².